The third kappa shape index (κ3) is 6.10. The second kappa shape index (κ2) is 11.2. The van der Waals surface area contributed by atoms with Crippen LogP contribution in [0.25, 0.3) is 10.9 Å². The van der Waals surface area contributed by atoms with Crippen molar-refractivity contribution in [3.63, 3.8) is 0 Å². The van der Waals surface area contributed by atoms with Crippen LogP contribution in [0.3, 0.4) is 0 Å². The summed E-state index contributed by atoms with van der Waals surface area (Å²) in [7, 11) is 1.74. The molecule has 4 heterocycles. The number of fused-ring (bicyclic) bond motifs is 3. The third-order valence-corrected chi connectivity index (χ3v) is 6.03. The van der Waals surface area contributed by atoms with E-state index in [9.17, 15) is 18.0 Å². The van der Waals surface area contributed by atoms with E-state index in [0.717, 1.165) is 54.8 Å². The predicted octanol–water partition coefficient (Wildman–Crippen LogP) is 4.00. The summed E-state index contributed by atoms with van der Waals surface area (Å²) in [6.07, 6.45) is -1.02. The first-order chi connectivity index (χ1) is 17.3. The van der Waals surface area contributed by atoms with Gasteiger partial charge < -0.3 is 25.3 Å². The van der Waals surface area contributed by atoms with E-state index in [1.54, 1.807) is 25.3 Å². The second-order valence-electron chi connectivity index (χ2n) is 8.47. The molecule has 0 saturated carbocycles. The van der Waals surface area contributed by atoms with Gasteiger partial charge in [0.25, 0.3) is 5.91 Å². The van der Waals surface area contributed by atoms with Gasteiger partial charge in [-0.1, -0.05) is 0 Å². The lowest BCUT2D eigenvalue weighted by Crippen LogP contribution is -2.23. The Balaban J connectivity index is 0.000000325. The number of anilines is 1. The Bertz CT molecular complexity index is 1210. The lowest BCUT2D eigenvalue weighted by Gasteiger charge is -2.19. The molecule has 1 fully saturated rings. The number of benzene rings is 1. The second-order valence-corrected chi connectivity index (χ2v) is 8.47. The summed E-state index contributed by atoms with van der Waals surface area (Å²) in [6, 6.07) is 7.21. The highest BCUT2D eigenvalue weighted by atomic mass is 19.4. The Labute approximate surface area is 206 Å². The van der Waals surface area contributed by atoms with Crippen LogP contribution in [0, 0.1) is 0 Å². The van der Waals surface area contributed by atoms with E-state index in [-0.39, 0.29) is 12.5 Å². The number of carbonyl (C=O) groups is 1. The molecule has 2 aromatic heterocycles. The van der Waals surface area contributed by atoms with Gasteiger partial charge in [0, 0.05) is 36.4 Å². The van der Waals surface area contributed by atoms with E-state index < -0.39 is 11.7 Å². The number of carbonyl (C=O) groups excluding carboxylic acids is 1. The molecule has 1 unspecified atom stereocenters. The molecule has 2 aliphatic heterocycles. The molecule has 36 heavy (non-hydrogen) atoms. The maximum Gasteiger partial charge on any atom is 0.417 e. The van der Waals surface area contributed by atoms with Crippen molar-refractivity contribution in [2.24, 2.45) is 0 Å². The lowest BCUT2D eigenvalue weighted by molar-refractivity contribution is -0.137. The highest BCUT2D eigenvalue weighted by Gasteiger charge is 2.30. The summed E-state index contributed by atoms with van der Waals surface area (Å²) in [5.74, 6) is 0.0543. The van der Waals surface area contributed by atoms with Crippen molar-refractivity contribution in [2.75, 3.05) is 26.1 Å². The van der Waals surface area contributed by atoms with Crippen LogP contribution in [0.1, 0.15) is 45.6 Å². The van der Waals surface area contributed by atoms with Crippen molar-refractivity contribution in [1.29, 1.82) is 0 Å². The van der Waals surface area contributed by atoms with Gasteiger partial charge in [0.1, 0.15) is 5.82 Å². The number of nitrogens with one attached hydrogen (secondary N) is 1. The predicted molar refractivity (Wildman–Crippen MR) is 126 cm³/mol. The zero-order valence-electron chi connectivity index (χ0n) is 19.7. The Morgan fingerprint density at radius 1 is 1.19 bits per heavy atom. The molecule has 192 valence electrons. The van der Waals surface area contributed by atoms with Gasteiger partial charge >= 0.3 is 6.18 Å². The van der Waals surface area contributed by atoms with E-state index >= 15 is 0 Å². The smallest absolute Gasteiger partial charge is 0.383 e. The number of ether oxygens (including phenoxy) is 3. The average Bonchev–Trinajstić information content (AvgIpc) is 3.39. The maximum atomic E-state index is 12.6. The molecular weight excluding hydrogens is 477 g/mol. The standard InChI is InChI=1S/C19H15F3N4O2.C6H12O2/c20-19(21,22)11-2-3-12(24-6-11)7-25-18(27)10-1-4-16-13(5-10)14-8-28-9-15(14)17(23)26-16;1-7-6-3-2-4-8-5-6/h1-6H,7-9H2,(H2,23,26)(H,25,27);6H,2-5H2,1H3. The summed E-state index contributed by atoms with van der Waals surface area (Å²) in [6.45, 7) is 2.51. The number of nitrogens with two attached hydrogens (primary N) is 1. The largest absolute Gasteiger partial charge is 0.417 e. The van der Waals surface area contributed by atoms with Crippen LogP contribution in [0.4, 0.5) is 19.0 Å². The molecule has 8 nitrogen and oxygen atoms in total. The molecule has 0 radical (unpaired) electrons. The molecule has 1 atom stereocenters. The lowest BCUT2D eigenvalue weighted by atomic mass is 10.0. The molecule has 1 amide bonds. The van der Waals surface area contributed by atoms with E-state index in [1.807, 2.05) is 0 Å². The summed E-state index contributed by atoms with van der Waals surface area (Å²) in [4.78, 5) is 20.5. The van der Waals surface area contributed by atoms with Crippen LogP contribution in [-0.2, 0) is 40.1 Å². The highest BCUT2D eigenvalue weighted by molar-refractivity contribution is 5.99. The third-order valence-electron chi connectivity index (χ3n) is 6.03. The molecule has 3 N–H and O–H groups in total. The normalized spacial score (nSPS) is 17.3. The minimum atomic E-state index is -4.44. The van der Waals surface area contributed by atoms with Gasteiger partial charge in [-0.3, -0.25) is 9.78 Å². The number of methoxy groups -OCH3 is 1. The summed E-state index contributed by atoms with van der Waals surface area (Å²) < 4.78 is 53.4. The van der Waals surface area contributed by atoms with Crippen molar-refractivity contribution >= 4 is 22.6 Å². The van der Waals surface area contributed by atoms with Gasteiger partial charge in [-0.05, 0) is 48.7 Å². The number of rotatable bonds is 4. The fourth-order valence-corrected chi connectivity index (χ4v) is 3.98. The monoisotopic (exact) mass is 504 g/mol. The maximum absolute atomic E-state index is 12.6. The Morgan fingerprint density at radius 2 is 2.00 bits per heavy atom. The van der Waals surface area contributed by atoms with Crippen molar-refractivity contribution in [2.45, 2.75) is 44.9 Å². The van der Waals surface area contributed by atoms with Crippen LogP contribution in [0.2, 0.25) is 0 Å². The fraction of sp³-hybridized carbons (Fsp3) is 0.400. The first kappa shape index (κ1) is 25.8. The summed E-state index contributed by atoms with van der Waals surface area (Å²) >= 11 is 0. The molecule has 5 rings (SSSR count). The van der Waals surface area contributed by atoms with Gasteiger partial charge in [0.15, 0.2) is 0 Å². The van der Waals surface area contributed by atoms with E-state index in [1.165, 1.54) is 6.07 Å². The number of hydrogen-bond donors (Lipinski definition) is 2. The minimum absolute atomic E-state index is 0.0101. The molecule has 2 aliphatic rings. The van der Waals surface area contributed by atoms with Crippen LogP contribution in [0.15, 0.2) is 36.5 Å². The molecule has 3 aromatic rings. The molecule has 0 bridgehead atoms. The quantitative estimate of drug-likeness (QED) is 0.553. The zero-order valence-corrected chi connectivity index (χ0v) is 19.7. The first-order valence-electron chi connectivity index (χ1n) is 11.5. The number of aromatic nitrogens is 2. The number of halogens is 3. The van der Waals surface area contributed by atoms with E-state index in [2.05, 4.69) is 15.3 Å². The number of nitrogen functional groups attached to an aromatic ring is 1. The fourth-order valence-electron chi connectivity index (χ4n) is 3.98. The zero-order chi connectivity index (χ0) is 25.7. The highest BCUT2D eigenvalue weighted by Crippen LogP contribution is 2.31. The van der Waals surface area contributed by atoms with Crippen molar-refractivity contribution in [3.8, 4) is 0 Å². The topological polar surface area (TPSA) is 109 Å². The van der Waals surface area contributed by atoms with Crippen molar-refractivity contribution < 1.29 is 32.2 Å². The van der Waals surface area contributed by atoms with Crippen LogP contribution >= 0.6 is 0 Å². The molecule has 0 aliphatic carbocycles. The first-order valence-corrected chi connectivity index (χ1v) is 11.5. The Hall–Kier alpha value is -3.28. The molecular formula is C25H27F3N4O4. The summed E-state index contributed by atoms with van der Waals surface area (Å²) in [5, 5.41) is 3.45. The van der Waals surface area contributed by atoms with Gasteiger partial charge in [-0.2, -0.15) is 13.2 Å². The van der Waals surface area contributed by atoms with Crippen molar-refractivity contribution in [1.82, 2.24) is 15.3 Å². The van der Waals surface area contributed by atoms with Crippen LogP contribution in [-0.4, -0.2) is 42.3 Å². The Morgan fingerprint density at radius 3 is 2.64 bits per heavy atom. The summed E-state index contributed by atoms with van der Waals surface area (Å²) in [5.41, 5.74) is 8.25. The van der Waals surface area contributed by atoms with Crippen LogP contribution in [0.5, 0.6) is 0 Å². The number of nitrogens with zero attached hydrogens (tertiary/aromatic N) is 2. The van der Waals surface area contributed by atoms with Gasteiger partial charge in [-0.15, -0.1) is 0 Å². The number of pyridine rings is 2. The molecule has 0 spiro atoms. The molecule has 1 saturated heterocycles. The van der Waals surface area contributed by atoms with Gasteiger partial charge in [0.2, 0.25) is 0 Å². The van der Waals surface area contributed by atoms with E-state index in [0.29, 0.717) is 41.9 Å². The Kier molecular flexibility index (Phi) is 8.02. The number of alkyl halides is 3. The SMILES string of the molecule is COC1CCCOC1.Nc1nc2ccc(C(=O)NCc3ccc(C(F)(F)F)cn3)cc2c2c1COC2. The van der Waals surface area contributed by atoms with Gasteiger partial charge in [0.05, 0.1) is 49.2 Å². The molecule has 11 heteroatoms. The number of hydrogen-bond acceptors (Lipinski definition) is 7. The number of amides is 1. The minimum Gasteiger partial charge on any atom is -0.383 e. The van der Waals surface area contributed by atoms with Crippen LogP contribution < -0.4 is 11.1 Å². The van der Waals surface area contributed by atoms with Gasteiger partial charge in [-0.25, -0.2) is 4.98 Å². The molecule has 1 aromatic carbocycles. The van der Waals surface area contributed by atoms with E-state index in [4.69, 9.17) is 19.9 Å². The van der Waals surface area contributed by atoms with Crippen molar-refractivity contribution in [3.05, 3.63) is 64.5 Å². The average molecular weight is 505 g/mol.